The van der Waals surface area contributed by atoms with Gasteiger partial charge in [0, 0.05) is 18.0 Å². The summed E-state index contributed by atoms with van der Waals surface area (Å²) in [6.07, 6.45) is 3.40. The average molecular weight is 313 g/mol. The zero-order chi connectivity index (χ0) is 15.2. The molecule has 2 heterocycles. The van der Waals surface area contributed by atoms with E-state index in [1.807, 2.05) is 30.3 Å². The highest BCUT2D eigenvalue weighted by Gasteiger charge is 2.08. The third-order valence-corrected chi connectivity index (χ3v) is 2.18. The molecule has 0 amide bonds. The van der Waals surface area contributed by atoms with Gasteiger partial charge in [0.2, 0.25) is 0 Å². The van der Waals surface area contributed by atoms with Gasteiger partial charge in [-0.1, -0.05) is 18.3 Å². The van der Waals surface area contributed by atoms with E-state index in [-0.39, 0.29) is 4.99 Å². The summed E-state index contributed by atoms with van der Waals surface area (Å²) in [5.41, 5.74) is 7.90. The zero-order valence-corrected chi connectivity index (χ0v) is 11.7. The van der Waals surface area contributed by atoms with E-state index in [0.717, 1.165) is 11.3 Å². The molecule has 0 fully saturated rings. The van der Waals surface area contributed by atoms with E-state index in [0.29, 0.717) is 5.69 Å². The van der Waals surface area contributed by atoms with E-state index in [1.54, 1.807) is 12.4 Å². The van der Waals surface area contributed by atoms with Gasteiger partial charge < -0.3 is 5.73 Å². The summed E-state index contributed by atoms with van der Waals surface area (Å²) in [6.45, 7) is 0. The number of pyridine rings is 2. The fraction of sp³-hybridized carbons (Fsp3) is 0. The second-order valence-corrected chi connectivity index (χ2v) is 4.76. The molecule has 9 heteroatoms. The molecule has 0 bridgehead atoms. The SMILES string of the molecule is NC(=S)c1ncccc1-c1ccccn1.O=S(=O)(O)O. The summed E-state index contributed by atoms with van der Waals surface area (Å²) in [5, 5.41) is 0. The minimum Gasteiger partial charge on any atom is -0.388 e. The fourth-order valence-corrected chi connectivity index (χ4v) is 1.49. The van der Waals surface area contributed by atoms with Crippen LogP contribution in [0.2, 0.25) is 0 Å². The smallest absolute Gasteiger partial charge is 0.388 e. The van der Waals surface area contributed by atoms with Crippen LogP contribution in [0.25, 0.3) is 11.3 Å². The standard InChI is InChI=1S/C11H9N3S.H2O4S/c12-11(15)10-8(4-3-7-14-10)9-5-1-2-6-13-9;1-5(2,3)4/h1-7H,(H2,12,15);(H2,1,2,3,4). The lowest BCUT2D eigenvalue weighted by Gasteiger charge is -2.05. The van der Waals surface area contributed by atoms with Gasteiger partial charge in [-0.05, 0) is 24.3 Å². The molecule has 2 aromatic heterocycles. The van der Waals surface area contributed by atoms with Crippen LogP contribution in [0.1, 0.15) is 5.69 Å². The molecule has 0 aliphatic rings. The monoisotopic (exact) mass is 313 g/mol. The number of hydrogen-bond donors (Lipinski definition) is 3. The summed E-state index contributed by atoms with van der Waals surface area (Å²) in [4.78, 5) is 8.67. The van der Waals surface area contributed by atoms with Crippen LogP contribution in [0.5, 0.6) is 0 Å². The molecular formula is C11H11N3O4S2. The van der Waals surface area contributed by atoms with Crippen molar-refractivity contribution in [3.05, 3.63) is 48.4 Å². The highest BCUT2D eigenvalue weighted by atomic mass is 32.3. The van der Waals surface area contributed by atoms with E-state index < -0.39 is 10.4 Å². The number of thiocarbonyl (C=S) groups is 1. The summed E-state index contributed by atoms with van der Waals surface area (Å²) in [7, 11) is -4.67. The maximum Gasteiger partial charge on any atom is 0.394 e. The van der Waals surface area contributed by atoms with Crippen LogP contribution < -0.4 is 5.73 Å². The van der Waals surface area contributed by atoms with E-state index >= 15 is 0 Å². The lowest BCUT2D eigenvalue weighted by atomic mass is 10.1. The number of rotatable bonds is 2. The molecule has 0 saturated carbocycles. The minimum absolute atomic E-state index is 0.288. The van der Waals surface area contributed by atoms with Crippen molar-refractivity contribution < 1.29 is 17.5 Å². The molecule has 106 valence electrons. The van der Waals surface area contributed by atoms with Crippen LogP contribution in [0.4, 0.5) is 0 Å². The third kappa shape index (κ3) is 5.80. The Morgan fingerprint density at radius 3 is 2.20 bits per heavy atom. The van der Waals surface area contributed by atoms with Crippen molar-refractivity contribution in [2.45, 2.75) is 0 Å². The first-order valence-electron chi connectivity index (χ1n) is 5.15. The molecule has 7 nitrogen and oxygen atoms in total. The summed E-state index contributed by atoms with van der Waals surface area (Å²) < 4.78 is 31.6. The second-order valence-electron chi connectivity index (χ2n) is 3.43. The van der Waals surface area contributed by atoms with Gasteiger partial charge in [-0.15, -0.1) is 0 Å². The van der Waals surface area contributed by atoms with Gasteiger partial charge in [0.15, 0.2) is 0 Å². The van der Waals surface area contributed by atoms with Gasteiger partial charge in [-0.3, -0.25) is 19.1 Å². The number of aromatic nitrogens is 2. The molecule has 0 spiro atoms. The second kappa shape index (κ2) is 7.01. The molecule has 0 aliphatic heterocycles. The molecule has 0 radical (unpaired) electrons. The predicted molar refractivity (Wildman–Crippen MR) is 77.5 cm³/mol. The van der Waals surface area contributed by atoms with Crippen molar-refractivity contribution >= 4 is 27.6 Å². The maximum absolute atomic E-state index is 8.74. The largest absolute Gasteiger partial charge is 0.394 e. The number of nitrogens with two attached hydrogens (primary N) is 1. The summed E-state index contributed by atoms with van der Waals surface area (Å²) in [6, 6.07) is 9.42. The Morgan fingerprint density at radius 2 is 1.70 bits per heavy atom. The summed E-state index contributed by atoms with van der Waals surface area (Å²) >= 11 is 4.94. The Kier molecular flexibility index (Phi) is 5.65. The fourth-order valence-electron chi connectivity index (χ4n) is 1.33. The van der Waals surface area contributed by atoms with Gasteiger partial charge >= 0.3 is 10.4 Å². The molecule has 0 unspecified atom stereocenters. The molecule has 2 aromatic rings. The third-order valence-electron chi connectivity index (χ3n) is 1.98. The van der Waals surface area contributed by atoms with Gasteiger partial charge in [0.1, 0.15) is 10.7 Å². The van der Waals surface area contributed by atoms with Crippen molar-refractivity contribution in [3.63, 3.8) is 0 Å². The highest BCUT2D eigenvalue weighted by Crippen LogP contribution is 2.18. The van der Waals surface area contributed by atoms with Gasteiger partial charge in [-0.25, -0.2) is 0 Å². The van der Waals surface area contributed by atoms with E-state index in [1.165, 1.54) is 0 Å². The average Bonchev–Trinajstić information content (AvgIpc) is 2.38. The Morgan fingerprint density at radius 1 is 1.10 bits per heavy atom. The van der Waals surface area contributed by atoms with Crippen LogP contribution in [-0.4, -0.2) is 32.5 Å². The van der Waals surface area contributed by atoms with E-state index in [4.69, 9.17) is 35.5 Å². The van der Waals surface area contributed by atoms with Gasteiger partial charge in [0.05, 0.1) is 5.69 Å². The first-order valence-corrected chi connectivity index (χ1v) is 6.95. The Balaban J connectivity index is 0.000000347. The lowest BCUT2D eigenvalue weighted by Crippen LogP contribution is -2.13. The predicted octanol–water partition coefficient (Wildman–Crippen LogP) is 1.13. The first kappa shape index (κ1) is 16.1. The molecule has 0 atom stereocenters. The lowest BCUT2D eigenvalue weighted by molar-refractivity contribution is 0.381. The molecule has 0 aliphatic carbocycles. The van der Waals surface area contributed by atoms with Crippen LogP contribution in [0, 0.1) is 0 Å². The van der Waals surface area contributed by atoms with Crippen LogP contribution in [0.15, 0.2) is 42.7 Å². The molecule has 0 saturated heterocycles. The van der Waals surface area contributed by atoms with Crippen molar-refractivity contribution in [3.8, 4) is 11.3 Å². The van der Waals surface area contributed by atoms with Crippen LogP contribution >= 0.6 is 12.2 Å². The maximum atomic E-state index is 8.74. The first-order chi connectivity index (χ1) is 9.29. The topological polar surface area (TPSA) is 126 Å². The van der Waals surface area contributed by atoms with E-state index in [2.05, 4.69) is 9.97 Å². The van der Waals surface area contributed by atoms with Crippen LogP contribution in [-0.2, 0) is 10.4 Å². The molecule has 4 N–H and O–H groups in total. The molecule has 2 rings (SSSR count). The van der Waals surface area contributed by atoms with Crippen LogP contribution in [0.3, 0.4) is 0 Å². The van der Waals surface area contributed by atoms with E-state index in [9.17, 15) is 0 Å². The highest BCUT2D eigenvalue weighted by molar-refractivity contribution is 7.80. The van der Waals surface area contributed by atoms with Crippen molar-refractivity contribution in [1.82, 2.24) is 9.97 Å². The van der Waals surface area contributed by atoms with Crippen molar-refractivity contribution in [1.29, 1.82) is 0 Å². The molecular weight excluding hydrogens is 302 g/mol. The zero-order valence-electron chi connectivity index (χ0n) is 10.0. The molecule has 20 heavy (non-hydrogen) atoms. The minimum atomic E-state index is -4.67. The number of hydrogen-bond acceptors (Lipinski definition) is 5. The Labute approximate surface area is 121 Å². The Bertz CT molecular complexity index is 682. The Hall–Kier alpha value is -1.94. The van der Waals surface area contributed by atoms with Gasteiger partial charge in [-0.2, -0.15) is 8.42 Å². The van der Waals surface area contributed by atoms with Crippen molar-refractivity contribution in [2.24, 2.45) is 5.73 Å². The summed E-state index contributed by atoms with van der Waals surface area (Å²) in [5.74, 6) is 0. The van der Waals surface area contributed by atoms with Crippen molar-refractivity contribution in [2.75, 3.05) is 0 Å². The molecule has 0 aromatic carbocycles. The number of nitrogens with zero attached hydrogens (tertiary/aromatic N) is 2. The normalized spacial score (nSPS) is 10.3. The van der Waals surface area contributed by atoms with Gasteiger partial charge in [0.25, 0.3) is 0 Å². The quantitative estimate of drug-likeness (QED) is 0.556.